The summed E-state index contributed by atoms with van der Waals surface area (Å²) >= 11 is 0. The van der Waals surface area contributed by atoms with E-state index in [4.69, 9.17) is 0 Å². The van der Waals surface area contributed by atoms with E-state index in [0.717, 1.165) is 25.9 Å². The van der Waals surface area contributed by atoms with Crippen molar-refractivity contribution in [2.75, 3.05) is 13.1 Å². The van der Waals surface area contributed by atoms with Gasteiger partial charge < -0.3 is 9.88 Å². The fourth-order valence-corrected chi connectivity index (χ4v) is 3.66. The third kappa shape index (κ3) is 3.55. The zero-order chi connectivity index (χ0) is 13.9. The van der Waals surface area contributed by atoms with Crippen LogP contribution in [0.25, 0.3) is 0 Å². The lowest BCUT2D eigenvalue weighted by atomic mass is 9.92. The molecule has 2 heterocycles. The van der Waals surface area contributed by atoms with Crippen LogP contribution in [0.2, 0.25) is 0 Å². The molecule has 6 nitrogen and oxygen atoms in total. The van der Waals surface area contributed by atoms with Crippen molar-refractivity contribution in [1.29, 1.82) is 0 Å². The van der Waals surface area contributed by atoms with E-state index in [1.165, 1.54) is 0 Å². The van der Waals surface area contributed by atoms with Crippen LogP contribution in [0.3, 0.4) is 0 Å². The smallest absolute Gasteiger partial charge is 0.259 e. The van der Waals surface area contributed by atoms with Gasteiger partial charge in [0.2, 0.25) is 0 Å². The minimum absolute atomic E-state index is 0.0566. The SMILES string of the molecule is CCn1cnc(S(=O)(=O)NC(C)C2CCNCC2)c1. The van der Waals surface area contributed by atoms with E-state index in [2.05, 4.69) is 15.0 Å². The second-order valence-corrected chi connectivity index (χ2v) is 6.70. The van der Waals surface area contributed by atoms with Gasteiger partial charge in [0, 0.05) is 18.8 Å². The van der Waals surface area contributed by atoms with Gasteiger partial charge >= 0.3 is 0 Å². The maximum atomic E-state index is 12.2. The first-order valence-corrected chi connectivity index (χ1v) is 8.26. The van der Waals surface area contributed by atoms with E-state index in [9.17, 15) is 8.42 Å². The van der Waals surface area contributed by atoms with Crippen LogP contribution in [0, 0.1) is 5.92 Å². The number of hydrogen-bond donors (Lipinski definition) is 2. The first-order chi connectivity index (χ1) is 9.03. The first kappa shape index (κ1) is 14.5. The number of sulfonamides is 1. The Morgan fingerprint density at radius 2 is 2.21 bits per heavy atom. The Morgan fingerprint density at radius 3 is 2.79 bits per heavy atom. The molecule has 1 aliphatic rings. The molecule has 1 unspecified atom stereocenters. The fourth-order valence-electron chi connectivity index (χ4n) is 2.40. The van der Waals surface area contributed by atoms with Crippen LogP contribution in [0.5, 0.6) is 0 Å². The second kappa shape index (κ2) is 6.02. The molecule has 0 aliphatic carbocycles. The van der Waals surface area contributed by atoms with Crippen LogP contribution in [-0.2, 0) is 16.6 Å². The number of hydrogen-bond acceptors (Lipinski definition) is 4. The summed E-state index contributed by atoms with van der Waals surface area (Å²) < 4.78 is 28.9. The van der Waals surface area contributed by atoms with Gasteiger partial charge in [0.25, 0.3) is 10.0 Å². The molecule has 0 spiro atoms. The van der Waals surface area contributed by atoms with Crippen LogP contribution in [0.4, 0.5) is 0 Å². The molecular weight excluding hydrogens is 264 g/mol. The highest BCUT2D eigenvalue weighted by molar-refractivity contribution is 7.89. The summed E-state index contributed by atoms with van der Waals surface area (Å²) in [4.78, 5) is 3.96. The number of nitrogens with one attached hydrogen (secondary N) is 2. The van der Waals surface area contributed by atoms with E-state index in [0.29, 0.717) is 12.5 Å². The maximum absolute atomic E-state index is 12.2. The number of nitrogens with zero attached hydrogens (tertiary/aromatic N) is 2. The highest BCUT2D eigenvalue weighted by Gasteiger charge is 2.26. The van der Waals surface area contributed by atoms with Gasteiger partial charge in [-0.3, -0.25) is 0 Å². The monoisotopic (exact) mass is 286 g/mol. The first-order valence-electron chi connectivity index (χ1n) is 6.77. The van der Waals surface area contributed by atoms with Crippen LogP contribution >= 0.6 is 0 Å². The largest absolute Gasteiger partial charge is 0.336 e. The Hall–Kier alpha value is -0.920. The maximum Gasteiger partial charge on any atom is 0.259 e. The van der Waals surface area contributed by atoms with Crippen molar-refractivity contribution >= 4 is 10.0 Å². The van der Waals surface area contributed by atoms with Gasteiger partial charge in [-0.15, -0.1) is 0 Å². The van der Waals surface area contributed by atoms with Crippen molar-refractivity contribution in [1.82, 2.24) is 19.6 Å². The lowest BCUT2D eigenvalue weighted by Crippen LogP contribution is -2.42. The molecule has 19 heavy (non-hydrogen) atoms. The predicted molar refractivity (Wildman–Crippen MR) is 73.3 cm³/mol. The average Bonchev–Trinajstić information content (AvgIpc) is 2.89. The van der Waals surface area contributed by atoms with Gasteiger partial charge in [-0.25, -0.2) is 18.1 Å². The molecule has 1 atom stereocenters. The second-order valence-electron chi connectivity index (χ2n) is 5.04. The zero-order valence-corrected chi connectivity index (χ0v) is 12.3. The standard InChI is InChI=1S/C12H22N4O2S/c1-3-16-8-12(14-9-16)19(17,18)15-10(2)11-4-6-13-7-5-11/h8-11,13,15H,3-7H2,1-2H3. The van der Waals surface area contributed by atoms with Crippen molar-refractivity contribution in [2.45, 2.75) is 44.3 Å². The minimum atomic E-state index is -3.50. The lowest BCUT2D eigenvalue weighted by molar-refractivity contribution is 0.316. The summed E-state index contributed by atoms with van der Waals surface area (Å²) in [5, 5.41) is 3.39. The predicted octanol–water partition coefficient (Wildman–Crippen LogP) is 0.569. The number of rotatable bonds is 5. The fraction of sp³-hybridized carbons (Fsp3) is 0.750. The third-order valence-electron chi connectivity index (χ3n) is 3.68. The van der Waals surface area contributed by atoms with E-state index in [1.807, 2.05) is 13.8 Å². The van der Waals surface area contributed by atoms with Gasteiger partial charge in [-0.2, -0.15) is 0 Å². The molecule has 1 fully saturated rings. The Balaban J connectivity index is 2.03. The van der Waals surface area contributed by atoms with E-state index in [-0.39, 0.29) is 11.1 Å². The Morgan fingerprint density at radius 1 is 1.53 bits per heavy atom. The van der Waals surface area contributed by atoms with Crippen LogP contribution in [-0.4, -0.2) is 37.1 Å². The third-order valence-corrected chi connectivity index (χ3v) is 5.13. The van der Waals surface area contributed by atoms with Crippen molar-refractivity contribution < 1.29 is 8.42 Å². The molecule has 0 radical (unpaired) electrons. The Kier molecular flexibility index (Phi) is 4.59. The quantitative estimate of drug-likeness (QED) is 0.830. The van der Waals surface area contributed by atoms with Crippen LogP contribution in [0.1, 0.15) is 26.7 Å². The molecule has 1 saturated heterocycles. The summed E-state index contributed by atoms with van der Waals surface area (Å²) in [6, 6.07) is -0.0566. The molecule has 1 aromatic heterocycles. The Bertz CT molecular complexity index is 506. The van der Waals surface area contributed by atoms with Gasteiger partial charge in [0.1, 0.15) is 0 Å². The van der Waals surface area contributed by atoms with Crippen molar-refractivity contribution in [3.63, 3.8) is 0 Å². The van der Waals surface area contributed by atoms with Gasteiger partial charge in [0.05, 0.1) is 6.33 Å². The molecule has 0 bridgehead atoms. The molecular formula is C12H22N4O2S. The van der Waals surface area contributed by atoms with E-state index < -0.39 is 10.0 Å². The number of piperidine rings is 1. The normalized spacial score (nSPS) is 19.5. The summed E-state index contributed by atoms with van der Waals surface area (Å²) in [6.07, 6.45) is 5.13. The molecule has 2 rings (SSSR count). The molecule has 1 aliphatic heterocycles. The average molecular weight is 286 g/mol. The molecule has 0 aromatic carbocycles. The highest BCUT2D eigenvalue weighted by Crippen LogP contribution is 2.18. The zero-order valence-electron chi connectivity index (χ0n) is 11.5. The van der Waals surface area contributed by atoms with Crippen LogP contribution in [0.15, 0.2) is 17.6 Å². The highest BCUT2D eigenvalue weighted by atomic mass is 32.2. The van der Waals surface area contributed by atoms with Crippen molar-refractivity contribution in [3.05, 3.63) is 12.5 Å². The summed E-state index contributed by atoms with van der Waals surface area (Å²) in [5.74, 6) is 0.393. The van der Waals surface area contributed by atoms with E-state index in [1.54, 1.807) is 17.1 Å². The minimum Gasteiger partial charge on any atom is -0.336 e. The molecule has 0 saturated carbocycles. The summed E-state index contributed by atoms with van der Waals surface area (Å²) in [5.41, 5.74) is 0. The van der Waals surface area contributed by atoms with Crippen LogP contribution < -0.4 is 10.0 Å². The molecule has 1 aromatic rings. The number of aryl methyl sites for hydroxylation is 1. The lowest BCUT2D eigenvalue weighted by Gasteiger charge is -2.28. The Labute approximate surface area is 114 Å². The van der Waals surface area contributed by atoms with Crippen molar-refractivity contribution in [2.24, 2.45) is 5.92 Å². The van der Waals surface area contributed by atoms with Gasteiger partial charge in [0.15, 0.2) is 5.03 Å². The van der Waals surface area contributed by atoms with Gasteiger partial charge in [-0.1, -0.05) is 0 Å². The molecule has 7 heteroatoms. The van der Waals surface area contributed by atoms with Gasteiger partial charge in [-0.05, 0) is 45.7 Å². The summed E-state index contributed by atoms with van der Waals surface area (Å²) in [6.45, 7) is 6.52. The summed E-state index contributed by atoms with van der Waals surface area (Å²) in [7, 11) is -3.50. The number of aromatic nitrogens is 2. The molecule has 108 valence electrons. The topological polar surface area (TPSA) is 76.0 Å². The molecule has 2 N–H and O–H groups in total. The van der Waals surface area contributed by atoms with Crippen molar-refractivity contribution in [3.8, 4) is 0 Å². The van der Waals surface area contributed by atoms with E-state index >= 15 is 0 Å². The molecule has 0 amide bonds. The number of imidazole rings is 1.